The van der Waals surface area contributed by atoms with Crippen molar-refractivity contribution in [2.24, 2.45) is 0 Å². The minimum absolute atomic E-state index is 0.260. The van der Waals surface area contributed by atoms with Crippen LogP contribution in [0.4, 0.5) is 13.2 Å². The first-order valence-electron chi connectivity index (χ1n) is 9.74. The fraction of sp³-hybridized carbons (Fsp3) is 0.304. The lowest BCUT2D eigenvalue weighted by Gasteiger charge is -2.24. The van der Waals surface area contributed by atoms with Crippen LogP contribution >= 0.6 is 0 Å². The maximum Gasteiger partial charge on any atom is 0.416 e. The molecule has 0 unspecified atom stereocenters. The molecule has 1 aliphatic heterocycles. The summed E-state index contributed by atoms with van der Waals surface area (Å²) >= 11 is 0. The van der Waals surface area contributed by atoms with E-state index in [-0.39, 0.29) is 6.04 Å². The van der Waals surface area contributed by atoms with E-state index in [2.05, 4.69) is 9.88 Å². The summed E-state index contributed by atoms with van der Waals surface area (Å²) < 4.78 is 38.2. The van der Waals surface area contributed by atoms with Crippen molar-refractivity contribution >= 4 is 0 Å². The summed E-state index contributed by atoms with van der Waals surface area (Å²) in [5, 5.41) is 0. The highest BCUT2D eigenvalue weighted by Crippen LogP contribution is 2.32. The van der Waals surface area contributed by atoms with Crippen molar-refractivity contribution in [3.8, 4) is 0 Å². The molecule has 1 aliphatic rings. The Balaban J connectivity index is 1.48. The zero-order valence-corrected chi connectivity index (χ0v) is 15.9. The fourth-order valence-electron chi connectivity index (χ4n) is 3.88. The zero-order chi connectivity index (χ0) is 20.3. The largest absolute Gasteiger partial charge is 0.416 e. The number of benzene rings is 1. The van der Waals surface area contributed by atoms with Crippen LogP contribution in [-0.2, 0) is 19.1 Å². The van der Waals surface area contributed by atoms with Gasteiger partial charge >= 0.3 is 6.18 Å². The quantitative estimate of drug-likeness (QED) is 0.575. The molecule has 0 bridgehead atoms. The van der Waals surface area contributed by atoms with Gasteiger partial charge in [-0.05, 0) is 66.9 Å². The molecule has 29 heavy (non-hydrogen) atoms. The molecule has 4 rings (SSSR count). The first-order valence-corrected chi connectivity index (χ1v) is 9.74. The zero-order valence-electron chi connectivity index (χ0n) is 15.9. The van der Waals surface area contributed by atoms with Gasteiger partial charge in [0.15, 0.2) is 0 Å². The third kappa shape index (κ3) is 4.82. The Bertz CT molecular complexity index is 940. The van der Waals surface area contributed by atoms with Gasteiger partial charge in [0.05, 0.1) is 17.3 Å². The van der Waals surface area contributed by atoms with Gasteiger partial charge in [0.1, 0.15) is 0 Å². The second-order valence-electron chi connectivity index (χ2n) is 7.41. The summed E-state index contributed by atoms with van der Waals surface area (Å²) in [6.45, 7) is 1.88. The smallest absolute Gasteiger partial charge is 0.291 e. The van der Waals surface area contributed by atoms with Crippen molar-refractivity contribution in [1.82, 2.24) is 14.9 Å². The first kappa shape index (κ1) is 19.6. The summed E-state index contributed by atoms with van der Waals surface area (Å²) in [5.74, 6) is 0. The molecular weight excluding hydrogens is 375 g/mol. The van der Waals surface area contributed by atoms with Crippen molar-refractivity contribution < 1.29 is 13.2 Å². The van der Waals surface area contributed by atoms with Gasteiger partial charge in [-0.15, -0.1) is 0 Å². The van der Waals surface area contributed by atoms with E-state index in [1.54, 1.807) is 0 Å². The molecule has 3 heterocycles. The second kappa shape index (κ2) is 8.33. The van der Waals surface area contributed by atoms with Crippen LogP contribution in [-0.4, -0.2) is 21.4 Å². The molecule has 3 aromatic rings. The lowest BCUT2D eigenvalue weighted by Crippen LogP contribution is -2.23. The van der Waals surface area contributed by atoms with Gasteiger partial charge in [0, 0.05) is 31.1 Å². The Morgan fingerprint density at radius 3 is 2.41 bits per heavy atom. The lowest BCUT2D eigenvalue weighted by atomic mass is 10.0. The molecule has 1 aromatic carbocycles. The first-order chi connectivity index (χ1) is 14.0. The number of rotatable bonds is 5. The summed E-state index contributed by atoms with van der Waals surface area (Å²) in [5.41, 5.74) is 3.33. The van der Waals surface area contributed by atoms with E-state index in [9.17, 15) is 13.2 Å². The van der Waals surface area contributed by atoms with Crippen LogP contribution in [0.15, 0.2) is 67.0 Å². The number of halogens is 3. The summed E-state index contributed by atoms with van der Waals surface area (Å²) in [6.07, 6.45) is 2.01. The van der Waals surface area contributed by atoms with Gasteiger partial charge in [0.2, 0.25) is 0 Å². The molecule has 0 saturated carbocycles. The van der Waals surface area contributed by atoms with E-state index in [0.29, 0.717) is 6.42 Å². The molecule has 0 aliphatic carbocycles. The van der Waals surface area contributed by atoms with E-state index in [4.69, 9.17) is 4.98 Å². The highest BCUT2D eigenvalue weighted by molar-refractivity contribution is 5.28. The molecule has 2 aromatic heterocycles. The van der Waals surface area contributed by atoms with Crippen LogP contribution < -0.4 is 0 Å². The van der Waals surface area contributed by atoms with Crippen LogP contribution in [0.2, 0.25) is 0 Å². The Kier molecular flexibility index (Phi) is 5.62. The number of likely N-dealkylation sites (tertiary alicyclic amines) is 1. The summed E-state index contributed by atoms with van der Waals surface area (Å²) in [7, 11) is 0. The second-order valence-corrected chi connectivity index (χ2v) is 7.41. The van der Waals surface area contributed by atoms with Crippen molar-refractivity contribution in [3.63, 3.8) is 0 Å². The average molecular weight is 397 g/mol. The normalized spacial score (nSPS) is 17.6. The van der Waals surface area contributed by atoms with Crippen LogP contribution in [0.1, 0.15) is 47.0 Å². The van der Waals surface area contributed by atoms with Gasteiger partial charge in [0.25, 0.3) is 0 Å². The van der Waals surface area contributed by atoms with Crippen LogP contribution in [0.3, 0.4) is 0 Å². The van der Waals surface area contributed by atoms with E-state index >= 15 is 0 Å². The van der Waals surface area contributed by atoms with Crippen molar-refractivity contribution in [2.45, 2.75) is 38.0 Å². The van der Waals surface area contributed by atoms with Gasteiger partial charge in [-0.25, -0.2) is 0 Å². The molecule has 0 amide bonds. The fourth-order valence-corrected chi connectivity index (χ4v) is 3.88. The predicted molar refractivity (Wildman–Crippen MR) is 105 cm³/mol. The van der Waals surface area contributed by atoms with Crippen molar-refractivity contribution in [1.29, 1.82) is 0 Å². The number of nitrogens with zero attached hydrogens (tertiary/aromatic N) is 3. The number of hydrogen-bond acceptors (Lipinski definition) is 3. The topological polar surface area (TPSA) is 29.0 Å². The van der Waals surface area contributed by atoms with Crippen LogP contribution in [0.5, 0.6) is 0 Å². The maximum absolute atomic E-state index is 12.7. The molecule has 1 atom stereocenters. The number of hydrogen-bond donors (Lipinski definition) is 0. The SMILES string of the molecule is FC(F)(F)c1ccc(Cc2cccc([C@@H]3CCCN3Cc3ccncc3)n2)cc1. The monoisotopic (exact) mass is 397 g/mol. The van der Waals surface area contributed by atoms with Gasteiger partial charge in [-0.3, -0.25) is 14.9 Å². The van der Waals surface area contributed by atoms with Gasteiger partial charge < -0.3 is 0 Å². The molecule has 1 fully saturated rings. The molecule has 6 heteroatoms. The third-order valence-corrected chi connectivity index (χ3v) is 5.33. The van der Waals surface area contributed by atoms with Crippen LogP contribution in [0.25, 0.3) is 0 Å². The standard InChI is InChI=1S/C23H22F3N3/c24-23(25,26)19-8-6-17(7-9-19)15-20-3-1-4-21(28-20)22-5-2-14-29(22)16-18-10-12-27-13-11-18/h1,3-4,6-13,22H,2,5,14-16H2/t22-/m0/s1. The molecular formula is C23H22F3N3. The molecule has 150 valence electrons. The Hall–Kier alpha value is -2.73. The van der Waals surface area contributed by atoms with E-state index < -0.39 is 11.7 Å². The van der Waals surface area contributed by atoms with E-state index in [1.807, 2.05) is 42.7 Å². The molecule has 0 radical (unpaired) electrons. The third-order valence-electron chi connectivity index (χ3n) is 5.33. The Morgan fingerprint density at radius 1 is 0.931 bits per heavy atom. The summed E-state index contributed by atoms with van der Waals surface area (Å²) in [6, 6.07) is 15.6. The Labute approximate surface area is 168 Å². The van der Waals surface area contributed by atoms with Crippen molar-refractivity contribution in [3.05, 3.63) is 95.1 Å². The molecule has 1 saturated heterocycles. The van der Waals surface area contributed by atoms with E-state index in [0.717, 1.165) is 55.0 Å². The molecule has 0 spiro atoms. The highest BCUT2D eigenvalue weighted by Gasteiger charge is 2.30. The lowest BCUT2D eigenvalue weighted by molar-refractivity contribution is -0.137. The molecule has 0 N–H and O–H groups in total. The molecule has 3 nitrogen and oxygen atoms in total. The summed E-state index contributed by atoms with van der Waals surface area (Å²) in [4.78, 5) is 11.3. The van der Waals surface area contributed by atoms with Gasteiger partial charge in [-0.1, -0.05) is 18.2 Å². The van der Waals surface area contributed by atoms with Gasteiger partial charge in [-0.2, -0.15) is 13.2 Å². The Morgan fingerprint density at radius 2 is 1.69 bits per heavy atom. The average Bonchev–Trinajstić information content (AvgIpc) is 3.17. The minimum Gasteiger partial charge on any atom is -0.291 e. The van der Waals surface area contributed by atoms with E-state index in [1.165, 1.54) is 17.7 Å². The van der Waals surface area contributed by atoms with Crippen LogP contribution in [0, 0.1) is 0 Å². The number of aromatic nitrogens is 2. The predicted octanol–water partition coefficient (Wildman–Crippen LogP) is 5.42. The van der Waals surface area contributed by atoms with Crippen molar-refractivity contribution in [2.75, 3.05) is 6.54 Å². The highest BCUT2D eigenvalue weighted by atomic mass is 19.4. The maximum atomic E-state index is 12.7. The minimum atomic E-state index is -4.31. The number of alkyl halides is 3. The number of pyridine rings is 2.